The van der Waals surface area contributed by atoms with E-state index in [1.807, 2.05) is 37.3 Å². The van der Waals surface area contributed by atoms with Crippen molar-refractivity contribution in [2.75, 3.05) is 18.2 Å². The van der Waals surface area contributed by atoms with Gasteiger partial charge in [-0.05, 0) is 36.2 Å². The molecule has 4 rings (SSSR count). The first-order valence-corrected chi connectivity index (χ1v) is 9.27. The lowest BCUT2D eigenvalue weighted by molar-refractivity contribution is -0.129. The minimum atomic E-state index is -0.668. The Morgan fingerprint density at radius 1 is 1.18 bits per heavy atom. The van der Waals surface area contributed by atoms with E-state index in [1.54, 1.807) is 17.1 Å². The number of cyclic esters (lactones) is 1. The third kappa shape index (κ3) is 3.13. The van der Waals surface area contributed by atoms with E-state index in [4.69, 9.17) is 9.84 Å². The number of anilines is 1. The van der Waals surface area contributed by atoms with Crippen molar-refractivity contribution >= 4 is 23.4 Å². The standard InChI is InChI=1S/C21H20FN3O3/c1-2-17-18(14-8-10-15(22)11-9-14)23-25(16-6-4-3-5-7-16)19(17)20(26)24-12-13-28-21(24)27/h3-11,17,19H,2,12-13H2,1H3/t17-,19-/m0/s1. The van der Waals surface area contributed by atoms with E-state index < -0.39 is 12.1 Å². The summed E-state index contributed by atoms with van der Waals surface area (Å²) in [7, 11) is 0. The van der Waals surface area contributed by atoms with Crippen LogP contribution in [0.3, 0.4) is 0 Å². The van der Waals surface area contributed by atoms with Gasteiger partial charge in [-0.3, -0.25) is 9.80 Å². The van der Waals surface area contributed by atoms with E-state index in [1.165, 1.54) is 12.1 Å². The lowest BCUT2D eigenvalue weighted by atomic mass is 9.88. The fraction of sp³-hybridized carbons (Fsp3) is 0.286. The molecule has 6 nitrogen and oxygen atoms in total. The third-order valence-corrected chi connectivity index (χ3v) is 5.09. The predicted octanol–water partition coefficient (Wildman–Crippen LogP) is 3.42. The lowest BCUT2D eigenvalue weighted by Gasteiger charge is -2.28. The summed E-state index contributed by atoms with van der Waals surface area (Å²) in [5.74, 6) is -0.909. The molecule has 0 spiro atoms. The number of halogens is 1. The molecule has 0 radical (unpaired) electrons. The van der Waals surface area contributed by atoms with Crippen LogP contribution in [0.15, 0.2) is 59.7 Å². The van der Waals surface area contributed by atoms with E-state index in [9.17, 15) is 14.0 Å². The highest BCUT2D eigenvalue weighted by molar-refractivity contribution is 6.10. The molecule has 2 aromatic carbocycles. The van der Waals surface area contributed by atoms with E-state index >= 15 is 0 Å². The van der Waals surface area contributed by atoms with Gasteiger partial charge in [-0.2, -0.15) is 5.10 Å². The van der Waals surface area contributed by atoms with Crippen LogP contribution in [0.5, 0.6) is 0 Å². The van der Waals surface area contributed by atoms with Crippen molar-refractivity contribution in [3.8, 4) is 0 Å². The van der Waals surface area contributed by atoms with Crippen molar-refractivity contribution in [3.05, 3.63) is 66.0 Å². The van der Waals surface area contributed by atoms with E-state index in [0.717, 1.165) is 16.2 Å². The molecule has 0 unspecified atom stereocenters. The number of nitrogens with zero attached hydrogens (tertiary/aromatic N) is 3. The Labute approximate surface area is 162 Å². The first kappa shape index (κ1) is 18.2. The van der Waals surface area contributed by atoms with Gasteiger partial charge in [-0.15, -0.1) is 0 Å². The Hall–Kier alpha value is -3.22. The molecular weight excluding hydrogens is 361 g/mol. The number of rotatable bonds is 4. The van der Waals surface area contributed by atoms with Gasteiger partial charge in [0, 0.05) is 5.92 Å². The number of ether oxygens (including phenoxy) is 1. The van der Waals surface area contributed by atoms with Gasteiger partial charge in [0.2, 0.25) is 0 Å². The summed E-state index contributed by atoms with van der Waals surface area (Å²) < 4.78 is 18.3. The Morgan fingerprint density at radius 2 is 1.89 bits per heavy atom. The van der Waals surface area contributed by atoms with Crippen LogP contribution >= 0.6 is 0 Å². The maximum Gasteiger partial charge on any atom is 0.416 e. The highest BCUT2D eigenvalue weighted by Crippen LogP contribution is 2.34. The van der Waals surface area contributed by atoms with Crippen molar-refractivity contribution in [3.63, 3.8) is 0 Å². The van der Waals surface area contributed by atoms with Gasteiger partial charge in [0.05, 0.1) is 17.9 Å². The van der Waals surface area contributed by atoms with Crippen molar-refractivity contribution in [2.45, 2.75) is 19.4 Å². The van der Waals surface area contributed by atoms with Gasteiger partial charge in [0.25, 0.3) is 5.91 Å². The average molecular weight is 381 g/mol. The molecule has 144 valence electrons. The zero-order valence-corrected chi connectivity index (χ0v) is 15.4. The van der Waals surface area contributed by atoms with E-state index in [2.05, 4.69) is 0 Å². The molecule has 28 heavy (non-hydrogen) atoms. The maximum atomic E-state index is 13.4. The van der Waals surface area contributed by atoms with Crippen LogP contribution in [0.4, 0.5) is 14.9 Å². The normalized spacial score (nSPS) is 21.6. The third-order valence-electron chi connectivity index (χ3n) is 5.09. The zero-order chi connectivity index (χ0) is 19.7. The van der Waals surface area contributed by atoms with Crippen LogP contribution in [0, 0.1) is 11.7 Å². The first-order valence-electron chi connectivity index (χ1n) is 9.27. The van der Waals surface area contributed by atoms with Crippen LogP contribution in [0.2, 0.25) is 0 Å². The average Bonchev–Trinajstić information content (AvgIpc) is 3.32. The molecule has 0 saturated carbocycles. The second-order valence-corrected chi connectivity index (χ2v) is 6.74. The first-order chi connectivity index (χ1) is 13.6. The molecule has 2 aromatic rings. The van der Waals surface area contributed by atoms with E-state index in [-0.39, 0.29) is 30.8 Å². The van der Waals surface area contributed by atoms with Crippen molar-refractivity contribution in [1.82, 2.24) is 4.90 Å². The Kier molecular flexibility index (Phi) is 4.81. The van der Waals surface area contributed by atoms with Crippen LogP contribution in [-0.2, 0) is 9.53 Å². The van der Waals surface area contributed by atoms with Crippen LogP contribution in [-0.4, -0.2) is 41.8 Å². The van der Waals surface area contributed by atoms with Gasteiger partial charge in [0.15, 0.2) is 0 Å². The second-order valence-electron chi connectivity index (χ2n) is 6.74. The van der Waals surface area contributed by atoms with Gasteiger partial charge in [-0.25, -0.2) is 14.1 Å². The molecule has 0 bridgehead atoms. The molecule has 0 N–H and O–H groups in total. The molecule has 0 aliphatic carbocycles. The smallest absolute Gasteiger partial charge is 0.416 e. The summed E-state index contributed by atoms with van der Waals surface area (Å²) in [4.78, 5) is 26.4. The molecule has 1 fully saturated rings. The number of hydrazone groups is 1. The second kappa shape index (κ2) is 7.42. The monoisotopic (exact) mass is 381 g/mol. The van der Waals surface area contributed by atoms with Crippen LogP contribution in [0.25, 0.3) is 0 Å². The SMILES string of the molecule is CC[C@H]1C(c2ccc(F)cc2)=NN(c2ccccc2)[C@@H]1C(=O)N1CCOC1=O. The molecule has 2 amide bonds. The van der Waals surface area contributed by atoms with Crippen LogP contribution in [0.1, 0.15) is 18.9 Å². The van der Waals surface area contributed by atoms with Gasteiger partial charge in [0.1, 0.15) is 18.5 Å². The number of hydrogen-bond donors (Lipinski definition) is 0. The Balaban J connectivity index is 1.77. The summed E-state index contributed by atoms with van der Waals surface area (Å²) in [5.41, 5.74) is 2.22. The summed E-state index contributed by atoms with van der Waals surface area (Å²) >= 11 is 0. The molecule has 2 atom stereocenters. The van der Waals surface area contributed by atoms with Crippen LogP contribution < -0.4 is 5.01 Å². The fourth-order valence-electron chi connectivity index (χ4n) is 3.71. The van der Waals surface area contributed by atoms with Gasteiger partial charge >= 0.3 is 6.09 Å². The maximum absolute atomic E-state index is 13.4. The molecule has 2 heterocycles. The minimum absolute atomic E-state index is 0.200. The number of para-hydroxylation sites is 1. The largest absolute Gasteiger partial charge is 0.447 e. The number of benzene rings is 2. The minimum Gasteiger partial charge on any atom is -0.447 e. The molecule has 0 aromatic heterocycles. The topological polar surface area (TPSA) is 62.2 Å². The molecule has 7 heteroatoms. The summed E-state index contributed by atoms with van der Waals surface area (Å²) in [6.45, 7) is 2.41. The number of carbonyl (C=O) groups is 2. The Bertz CT molecular complexity index is 914. The fourth-order valence-corrected chi connectivity index (χ4v) is 3.71. The lowest BCUT2D eigenvalue weighted by Crippen LogP contribution is -2.49. The number of hydrogen-bond acceptors (Lipinski definition) is 5. The summed E-state index contributed by atoms with van der Waals surface area (Å²) in [6.07, 6.45) is 0.0156. The number of carbonyl (C=O) groups excluding carboxylic acids is 2. The Morgan fingerprint density at radius 3 is 2.50 bits per heavy atom. The van der Waals surface area contributed by atoms with Crippen molar-refractivity contribution < 1.29 is 18.7 Å². The van der Waals surface area contributed by atoms with Crippen molar-refractivity contribution in [2.24, 2.45) is 11.0 Å². The zero-order valence-electron chi connectivity index (χ0n) is 15.4. The molecule has 2 aliphatic heterocycles. The summed E-state index contributed by atoms with van der Waals surface area (Å²) in [6, 6.07) is 14.8. The van der Waals surface area contributed by atoms with E-state index in [0.29, 0.717) is 12.1 Å². The predicted molar refractivity (Wildman–Crippen MR) is 102 cm³/mol. The molecule has 1 saturated heterocycles. The quantitative estimate of drug-likeness (QED) is 0.814. The number of amides is 2. The molecule has 2 aliphatic rings. The van der Waals surface area contributed by atoms with Crippen molar-refractivity contribution in [1.29, 1.82) is 0 Å². The highest BCUT2D eigenvalue weighted by Gasteiger charge is 2.46. The van der Waals surface area contributed by atoms with Gasteiger partial charge < -0.3 is 4.74 Å². The van der Waals surface area contributed by atoms with Gasteiger partial charge in [-0.1, -0.05) is 37.3 Å². The molecular formula is C21H20FN3O3. The highest BCUT2D eigenvalue weighted by atomic mass is 19.1. The summed E-state index contributed by atoms with van der Waals surface area (Å²) in [5, 5.41) is 6.40. The number of imide groups is 1.